The zero-order valence-corrected chi connectivity index (χ0v) is 11.0. The second-order valence-electron chi connectivity index (χ2n) is 4.29. The second-order valence-corrected chi connectivity index (χ2v) is 5.15. The van der Waals surface area contributed by atoms with Crippen LogP contribution in [-0.4, -0.2) is 13.1 Å². The van der Waals surface area contributed by atoms with Crippen LogP contribution in [-0.2, 0) is 6.18 Å². The SMILES string of the molecule is Cc1c(Br)cc(C(F)(F)F)cc1N1CCCC1. The topological polar surface area (TPSA) is 3.24 Å². The summed E-state index contributed by atoms with van der Waals surface area (Å²) in [5.41, 5.74) is 0.987. The van der Waals surface area contributed by atoms with Gasteiger partial charge >= 0.3 is 6.18 Å². The molecular formula is C12H13BrF3N. The smallest absolute Gasteiger partial charge is 0.371 e. The predicted octanol–water partition coefficient (Wildman–Crippen LogP) is 4.38. The van der Waals surface area contributed by atoms with Gasteiger partial charge in [0.2, 0.25) is 0 Å². The van der Waals surface area contributed by atoms with E-state index in [4.69, 9.17) is 0 Å². The predicted molar refractivity (Wildman–Crippen MR) is 65.3 cm³/mol. The number of benzene rings is 1. The van der Waals surface area contributed by atoms with E-state index in [-0.39, 0.29) is 0 Å². The Morgan fingerprint density at radius 3 is 2.29 bits per heavy atom. The molecule has 1 fully saturated rings. The van der Waals surface area contributed by atoms with E-state index in [1.165, 1.54) is 6.07 Å². The van der Waals surface area contributed by atoms with Gasteiger partial charge in [0, 0.05) is 23.2 Å². The molecule has 1 aromatic carbocycles. The second kappa shape index (κ2) is 4.52. The first-order chi connectivity index (χ1) is 7.89. The molecule has 0 radical (unpaired) electrons. The van der Waals surface area contributed by atoms with Crippen LogP contribution < -0.4 is 4.90 Å². The molecule has 5 heteroatoms. The van der Waals surface area contributed by atoms with Gasteiger partial charge in [0.15, 0.2) is 0 Å². The van der Waals surface area contributed by atoms with E-state index in [0.29, 0.717) is 10.2 Å². The van der Waals surface area contributed by atoms with Crippen LogP contribution in [0.3, 0.4) is 0 Å². The summed E-state index contributed by atoms with van der Waals surface area (Å²) in [6, 6.07) is 2.40. The minimum atomic E-state index is -4.29. The first-order valence-corrected chi connectivity index (χ1v) is 6.31. The lowest BCUT2D eigenvalue weighted by molar-refractivity contribution is -0.137. The molecule has 0 unspecified atom stereocenters. The Morgan fingerprint density at radius 1 is 1.18 bits per heavy atom. The molecule has 94 valence electrons. The quantitative estimate of drug-likeness (QED) is 0.744. The van der Waals surface area contributed by atoms with Crippen LogP contribution in [0.15, 0.2) is 16.6 Å². The van der Waals surface area contributed by atoms with Crippen molar-refractivity contribution >= 4 is 21.6 Å². The molecule has 1 heterocycles. The number of hydrogen-bond donors (Lipinski definition) is 0. The maximum absolute atomic E-state index is 12.7. The van der Waals surface area contributed by atoms with Gasteiger partial charge in [0.05, 0.1) is 5.56 Å². The maximum Gasteiger partial charge on any atom is 0.416 e. The third kappa shape index (κ3) is 2.59. The van der Waals surface area contributed by atoms with Crippen molar-refractivity contribution in [1.29, 1.82) is 0 Å². The first-order valence-electron chi connectivity index (χ1n) is 5.52. The van der Waals surface area contributed by atoms with Crippen molar-refractivity contribution in [3.63, 3.8) is 0 Å². The maximum atomic E-state index is 12.7. The van der Waals surface area contributed by atoms with Crippen LogP contribution in [0, 0.1) is 6.92 Å². The third-order valence-electron chi connectivity index (χ3n) is 3.09. The van der Waals surface area contributed by atoms with Crippen molar-refractivity contribution in [1.82, 2.24) is 0 Å². The van der Waals surface area contributed by atoms with Crippen molar-refractivity contribution < 1.29 is 13.2 Å². The average molecular weight is 308 g/mol. The Kier molecular flexibility index (Phi) is 3.39. The van der Waals surface area contributed by atoms with Crippen molar-refractivity contribution in [3.05, 3.63) is 27.7 Å². The van der Waals surface area contributed by atoms with Gasteiger partial charge in [0.25, 0.3) is 0 Å². The molecule has 0 aliphatic carbocycles. The van der Waals surface area contributed by atoms with Gasteiger partial charge in [-0.25, -0.2) is 0 Å². The Bertz CT molecular complexity index is 422. The van der Waals surface area contributed by atoms with Crippen molar-refractivity contribution in [2.24, 2.45) is 0 Å². The zero-order valence-electron chi connectivity index (χ0n) is 9.44. The number of alkyl halides is 3. The van der Waals surface area contributed by atoms with Gasteiger partial charge in [-0.3, -0.25) is 0 Å². The minimum Gasteiger partial charge on any atom is -0.371 e. The third-order valence-corrected chi connectivity index (χ3v) is 3.91. The van der Waals surface area contributed by atoms with Gasteiger partial charge in [-0.1, -0.05) is 15.9 Å². The standard InChI is InChI=1S/C12H13BrF3N/c1-8-10(13)6-9(12(14,15)16)7-11(8)17-4-2-3-5-17/h6-7H,2-5H2,1H3. The van der Waals surface area contributed by atoms with Crippen LogP contribution in [0.25, 0.3) is 0 Å². The molecule has 1 saturated heterocycles. The van der Waals surface area contributed by atoms with E-state index in [9.17, 15) is 13.2 Å². The summed E-state index contributed by atoms with van der Waals surface area (Å²) >= 11 is 3.21. The van der Waals surface area contributed by atoms with Gasteiger partial charge in [-0.15, -0.1) is 0 Å². The summed E-state index contributed by atoms with van der Waals surface area (Å²) in [6.45, 7) is 3.53. The molecule has 0 saturated carbocycles. The molecule has 1 nitrogen and oxygen atoms in total. The van der Waals surface area contributed by atoms with E-state index in [0.717, 1.165) is 37.6 Å². The average Bonchev–Trinajstić information content (AvgIpc) is 2.73. The van der Waals surface area contributed by atoms with Crippen molar-refractivity contribution in [3.8, 4) is 0 Å². The van der Waals surface area contributed by atoms with Crippen molar-refractivity contribution in [2.45, 2.75) is 25.9 Å². The van der Waals surface area contributed by atoms with E-state index >= 15 is 0 Å². The van der Waals surface area contributed by atoms with Gasteiger partial charge in [-0.05, 0) is 37.5 Å². The fourth-order valence-electron chi connectivity index (χ4n) is 2.11. The van der Waals surface area contributed by atoms with Crippen LogP contribution >= 0.6 is 15.9 Å². The van der Waals surface area contributed by atoms with Crippen LogP contribution in [0.4, 0.5) is 18.9 Å². The van der Waals surface area contributed by atoms with Gasteiger partial charge in [0.1, 0.15) is 0 Å². The molecule has 0 bridgehead atoms. The Labute approximate surface area is 107 Å². The molecule has 17 heavy (non-hydrogen) atoms. The van der Waals surface area contributed by atoms with Gasteiger partial charge < -0.3 is 4.90 Å². The van der Waals surface area contributed by atoms with E-state index in [2.05, 4.69) is 15.9 Å². The Balaban J connectivity index is 2.46. The van der Waals surface area contributed by atoms with Crippen LogP contribution in [0.5, 0.6) is 0 Å². The summed E-state index contributed by atoms with van der Waals surface area (Å²) < 4.78 is 38.7. The van der Waals surface area contributed by atoms with E-state index in [1.807, 2.05) is 11.8 Å². The lowest BCUT2D eigenvalue weighted by Gasteiger charge is -2.22. The number of nitrogens with zero attached hydrogens (tertiary/aromatic N) is 1. The fraction of sp³-hybridized carbons (Fsp3) is 0.500. The normalized spacial score (nSPS) is 16.6. The molecule has 1 aliphatic rings. The molecule has 0 atom stereocenters. The fourth-order valence-corrected chi connectivity index (χ4v) is 2.56. The first kappa shape index (κ1) is 12.7. The minimum absolute atomic E-state index is 0.522. The zero-order chi connectivity index (χ0) is 12.6. The molecule has 0 aromatic heterocycles. The molecule has 0 N–H and O–H groups in total. The summed E-state index contributed by atoms with van der Waals surface area (Å²) in [7, 11) is 0. The molecular weight excluding hydrogens is 295 g/mol. The summed E-state index contributed by atoms with van der Waals surface area (Å²) in [5, 5.41) is 0. The monoisotopic (exact) mass is 307 g/mol. The largest absolute Gasteiger partial charge is 0.416 e. The Hall–Kier alpha value is -0.710. The molecule has 1 aliphatic heterocycles. The highest BCUT2D eigenvalue weighted by atomic mass is 79.9. The van der Waals surface area contributed by atoms with Crippen LogP contribution in [0.2, 0.25) is 0 Å². The van der Waals surface area contributed by atoms with E-state index in [1.54, 1.807) is 0 Å². The van der Waals surface area contributed by atoms with Crippen molar-refractivity contribution in [2.75, 3.05) is 18.0 Å². The van der Waals surface area contributed by atoms with Crippen LogP contribution in [0.1, 0.15) is 24.0 Å². The van der Waals surface area contributed by atoms with E-state index < -0.39 is 11.7 Å². The number of halogens is 4. The Morgan fingerprint density at radius 2 is 1.76 bits per heavy atom. The highest BCUT2D eigenvalue weighted by Gasteiger charge is 2.32. The molecule has 1 aromatic rings. The highest BCUT2D eigenvalue weighted by molar-refractivity contribution is 9.10. The summed E-state index contributed by atoms with van der Waals surface area (Å²) in [6.07, 6.45) is -2.19. The molecule has 0 amide bonds. The number of hydrogen-bond acceptors (Lipinski definition) is 1. The lowest BCUT2D eigenvalue weighted by Crippen LogP contribution is -2.20. The number of anilines is 1. The van der Waals surface area contributed by atoms with Gasteiger partial charge in [-0.2, -0.15) is 13.2 Å². The molecule has 0 spiro atoms. The summed E-state index contributed by atoms with van der Waals surface area (Å²) in [4.78, 5) is 2.02. The lowest BCUT2D eigenvalue weighted by atomic mass is 10.1. The molecule has 2 rings (SSSR count). The number of rotatable bonds is 1. The summed E-state index contributed by atoms with van der Waals surface area (Å²) in [5.74, 6) is 0. The highest BCUT2D eigenvalue weighted by Crippen LogP contribution is 2.37.